The number of nitrogens with zero attached hydrogens (tertiary/aromatic N) is 2. The number of amides is 4. The molecular weight excluding hydrogens is 508 g/mol. The van der Waals surface area contributed by atoms with Gasteiger partial charge >= 0.3 is 6.03 Å². The van der Waals surface area contributed by atoms with Gasteiger partial charge in [-0.1, -0.05) is 48.5 Å². The van der Waals surface area contributed by atoms with Crippen LogP contribution in [0.4, 0.5) is 10.5 Å². The molecule has 3 rings (SSSR count). The molecule has 40 heavy (non-hydrogen) atoms. The number of hydroxylamine groups is 1. The predicted octanol–water partition coefficient (Wildman–Crippen LogP) is 5.47. The Bertz CT molecular complexity index is 1230. The Balaban J connectivity index is 1.68. The third-order valence-electron chi connectivity index (χ3n) is 6.22. The summed E-state index contributed by atoms with van der Waals surface area (Å²) < 4.78 is 5.82. The van der Waals surface area contributed by atoms with Crippen molar-refractivity contribution in [3.05, 3.63) is 90.5 Å². The number of para-hydroxylation sites is 1. The summed E-state index contributed by atoms with van der Waals surface area (Å²) in [6.45, 7) is 5.17. The van der Waals surface area contributed by atoms with Crippen molar-refractivity contribution in [2.75, 3.05) is 25.0 Å². The van der Waals surface area contributed by atoms with E-state index in [9.17, 15) is 14.4 Å². The second-order valence-corrected chi connectivity index (χ2v) is 10.4. The third kappa shape index (κ3) is 9.74. The molecule has 0 radical (unpaired) electrons. The van der Waals surface area contributed by atoms with Crippen LogP contribution in [0.25, 0.3) is 0 Å². The highest BCUT2D eigenvalue weighted by molar-refractivity contribution is 5.93. The summed E-state index contributed by atoms with van der Waals surface area (Å²) in [4.78, 5) is 41.3. The molecule has 212 valence electrons. The first kappa shape index (κ1) is 30.2. The van der Waals surface area contributed by atoms with Crippen LogP contribution in [0.1, 0.15) is 39.2 Å². The molecule has 3 aromatic rings. The number of nitrogens with one attached hydrogen (secondary N) is 2. The van der Waals surface area contributed by atoms with E-state index < -0.39 is 23.4 Å². The van der Waals surface area contributed by atoms with Gasteiger partial charge in [-0.25, -0.2) is 10.3 Å². The Hall–Kier alpha value is -4.37. The zero-order valence-electron chi connectivity index (χ0n) is 23.3. The van der Waals surface area contributed by atoms with Crippen LogP contribution in [0, 0.1) is 0 Å². The van der Waals surface area contributed by atoms with E-state index in [1.807, 2.05) is 48.5 Å². The molecule has 0 heterocycles. The van der Waals surface area contributed by atoms with Gasteiger partial charge in [-0.15, -0.1) is 0 Å². The highest BCUT2D eigenvalue weighted by atomic mass is 16.5. The van der Waals surface area contributed by atoms with Gasteiger partial charge in [-0.2, -0.15) is 0 Å². The second-order valence-electron chi connectivity index (χ2n) is 10.4. The zero-order valence-corrected chi connectivity index (χ0v) is 23.3. The van der Waals surface area contributed by atoms with Crippen LogP contribution in [0.3, 0.4) is 0 Å². The molecule has 0 bridgehead atoms. The number of aryl methyl sites for hydroxylation is 1. The summed E-state index contributed by atoms with van der Waals surface area (Å²) in [6, 6.07) is 26.0. The minimum absolute atomic E-state index is 0.220. The number of unbranched alkanes of at least 4 members (excludes halogenated alkanes) is 1. The van der Waals surface area contributed by atoms with Crippen molar-refractivity contribution in [3.8, 4) is 11.5 Å². The molecule has 0 spiro atoms. The molecule has 0 aromatic heterocycles. The largest absolute Gasteiger partial charge is 0.457 e. The lowest BCUT2D eigenvalue weighted by Gasteiger charge is -2.36. The van der Waals surface area contributed by atoms with Gasteiger partial charge in [0.15, 0.2) is 0 Å². The van der Waals surface area contributed by atoms with E-state index in [1.165, 1.54) is 15.4 Å². The van der Waals surface area contributed by atoms with E-state index >= 15 is 0 Å². The fourth-order valence-corrected chi connectivity index (χ4v) is 4.09. The summed E-state index contributed by atoms with van der Waals surface area (Å²) in [7, 11) is 0. The summed E-state index contributed by atoms with van der Waals surface area (Å²) >= 11 is 0. The Morgan fingerprint density at radius 3 is 2.00 bits per heavy atom. The van der Waals surface area contributed by atoms with Gasteiger partial charge in [0.25, 0.3) is 5.91 Å². The summed E-state index contributed by atoms with van der Waals surface area (Å²) in [5, 5.41) is 11.9. The maximum Gasteiger partial charge on any atom is 0.322 e. The van der Waals surface area contributed by atoms with Crippen molar-refractivity contribution in [2.24, 2.45) is 0 Å². The number of anilines is 1. The summed E-state index contributed by atoms with van der Waals surface area (Å²) in [5.74, 6) is 0.221. The first-order chi connectivity index (χ1) is 19.2. The van der Waals surface area contributed by atoms with E-state index in [4.69, 9.17) is 9.94 Å². The molecule has 0 saturated carbocycles. The molecule has 0 saturated heterocycles. The van der Waals surface area contributed by atoms with E-state index in [0.717, 1.165) is 12.8 Å². The van der Waals surface area contributed by atoms with Gasteiger partial charge in [0.1, 0.15) is 24.6 Å². The van der Waals surface area contributed by atoms with Gasteiger partial charge in [0.2, 0.25) is 5.91 Å². The van der Waals surface area contributed by atoms with Crippen molar-refractivity contribution in [1.29, 1.82) is 0 Å². The van der Waals surface area contributed by atoms with Crippen LogP contribution in [-0.2, 0) is 16.0 Å². The van der Waals surface area contributed by atoms with E-state index in [1.54, 1.807) is 50.5 Å². The molecule has 0 atom stereocenters. The Morgan fingerprint density at radius 1 is 0.800 bits per heavy atom. The quantitative estimate of drug-likeness (QED) is 0.159. The lowest BCUT2D eigenvalue weighted by molar-refractivity contribution is -0.144. The van der Waals surface area contributed by atoms with Gasteiger partial charge in [-0.05, 0) is 82.0 Å². The Labute approximate surface area is 235 Å². The summed E-state index contributed by atoms with van der Waals surface area (Å²) in [6.07, 6.45) is 2.38. The smallest absolute Gasteiger partial charge is 0.322 e. The molecule has 0 unspecified atom stereocenters. The first-order valence-corrected chi connectivity index (χ1v) is 13.3. The maximum atomic E-state index is 13.3. The number of carbonyl (C=O) groups excluding carboxylic acids is 3. The SMILES string of the molecule is CC(C)(C)N(CC(=O)NO)C(=O)CN(CCCCc1ccccc1)C(=O)Nc1ccc(Oc2ccccc2)cc1. The molecule has 4 amide bonds. The molecular formula is C31H38N4O5. The van der Waals surface area contributed by atoms with Crippen molar-refractivity contribution in [1.82, 2.24) is 15.3 Å². The van der Waals surface area contributed by atoms with E-state index in [-0.39, 0.29) is 13.1 Å². The van der Waals surface area contributed by atoms with Crippen LogP contribution in [0.2, 0.25) is 0 Å². The lowest BCUT2D eigenvalue weighted by atomic mass is 10.1. The van der Waals surface area contributed by atoms with Crippen LogP contribution < -0.4 is 15.5 Å². The molecule has 9 heteroatoms. The Kier molecular flexibility index (Phi) is 11.1. The minimum atomic E-state index is -0.708. The third-order valence-corrected chi connectivity index (χ3v) is 6.22. The molecule has 0 fully saturated rings. The monoisotopic (exact) mass is 546 g/mol. The van der Waals surface area contributed by atoms with Gasteiger partial charge < -0.3 is 19.9 Å². The number of carbonyl (C=O) groups is 3. The number of hydrogen-bond donors (Lipinski definition) is 3. The van der Waals surface area contributed by atoms with E-state index in [0.29, 0.717) is 30.2 Å². The topological polar surface area (TPSA) is 111 Å². The minimum Gasteiger partial charge on any atom is -0.457 e. The van der Waals surface area contributed by atoms with Crippen LogP contribution in [-0.4, -0.2) is 58.0 Å². The van der Waals surface area contributed by atoms with Gasteiger partial charge in [0.05, 0.1) is 0 Å². The molecule has 3 aromatic carbocycles. The number of rotatable bonds is 12. The molecule has 0 aliphatic heterocycles. The molecule has 0 aliphatic carbocycles. The van der Waals surface area contributed by atoms with Crippen LogP contribution in [0.15, 0.2) is 84.9 Å². The molecule has 0 aliphatic rings. The highest BCUT2D eigenvalue weighted by Gasteiger charge is 2.30. The van der Waals surface area contributed by atoms with Crippen LogP contribution in [0.5, 0.6) is 11.5 Å². The van der Waals surface area contributed by atoms with Crippen molar-refractivity contribution < 1.29 is 24.3 Å². The first-order valence-electron chi connectivity index (χ1n) is 13.3. The predicted molar refractivity (Wildman–Crippen MR) is 154 cm³/mol. The second kappa shape index (κ2) is 14.7. The average molecular weight is 547 g/mol. The number of benzene rings is 3. The highest BCUT2D eigenvalue weighted by Crippen LogP contribution is 2.23. The van der Waals surface area contributed by atoms with Crippen molar-refractivity contribution in [3.63, 3.8) is 0 Å². The fraction of sp³-hybridized carbons (Fsp3) is 0.323. The molecule has 3 N–H and O–H groups in total. The van der Waals surface area contributed by atoms with E-state index in [2.05, 4.69) is 17.4 Å². The molecule has 9 nitrogen and oxygen atoms in total. The number of urea groups is 1. The van der Waals surface area contributed by atoms with Gasteiger partial charge in [-0.3, -0.25) is 14.8 Å². The van der Waals surface area contributed by atoms with Crippen molar-refractivity contribution in [2.45, 2.75) is 45.6 Å². The normalized spacial score (nSPS) is 10.9. The number of ether oxygens (including phenoxy) is 1. The number of hydrogen-bond acceptors (Lipinski definition) is 5. The van der Waals surface area contributed by atoms with Crippen LogP contribution >= 0.6 is 0 Å². The van der Waals surface area contributed by atoms with Crippen molar-refractivity contribution >= 4 is 23.5 Å². The van der Waals surface area contributed by atoms with Gasteiger partial charge in [0, 0.05) is 17.8 Å². The lowest BCUT2D eigenvalue weighted by Crippen LogP contribution is -2.54. The Morgan fingerprint density at radius 2 is 1.40 bits per heavy atom. The standard InChI is InChI=1S/C31H38N4O5/c1-31(2,3)35(22-28(36)33-39)29(37)23-34(21-11-10-14-24-12-6-4-7-13-24)30(38)32-25-17-19-27(20-18-25)40-26-15-8-5-9-16-26/h4-9,12-13,15-20,39H,10-11,14,21-23H2,1-3H3,(H,32,38)(H,33,36). The maximum absolute atomic E-state index is 13.3. The average Bonchev–Trinajstić information content (AvgIpc) is 2.94. The zero-order chi connectivity index (χ0) is 29.0. The fourth-order valence-electron chi connectivity index (χ4n) is 4.09. The summed E-state index contributed by atoms with van der Waals surface area (Å²) in [5.41, 5.74) is 2.64.